The summed E-state index contributed by atoms with van der Waals surface area (Å²) in [6.45, 7) is 1.42. The lowest BCUT2D eigenvalue weighted by Gasteiger charge is -2.08. The minimum atomic E-state index is 0.636. The van der Waals surface area contributed by atoms with E-state index in [1.54, 1.807) is 0 Å². The summed E-state index contributed by atoms with van der Waals surface area (Å²) in [5, 5.41) is 1.05. The third-order valence-electron chi connectivity index (χ3n) is 4.02. The van der Waals surface area contributed by atoms with Crippen molar-refractivity contribution in [3.63, 3.8) is 0 Å². The lowest BCUT2D eigenvalue weighted by Crippen LogP contribution is -2.14. The topological polar surface area (TPSA) is 46.0 Å². The van der Waals surface area contributed by atoms with Gasteiger partial charge in [0.15, 0.2) is 5.49 Å². The first-order valence-electron chi connectivity index (χ1n) is 8.01. The van der Waals surface area contributed by atoms with Crippen LogP contribution in [0.15, 0.2) is 84.2 Å². The van der Waals surface area contributed by atoms with Crippen molar-refractivity contribution < 1.29 is 0 Å². The molecule has 0 amide bonds. The zero-order valence-electron chi connectivity index (χ0n) is 13.3. The molecule has 24 heavy (non-hydrogen) atoms. The standard InChI is InChI=1S/C20H18N4/c1-3-7-16(8-4-1)13-22-19-18-11-12-21-20(18)24(15-23-19)14-17-9-5-2-6-10-17/h1-12,15,21H,13-14H2. The number of aromatic amines is 1. The van der Waals surface area contributed by atoms with Crippen LogP contribution < -0.4 is 5.49 Å². The Balaban J connectivity index is 1.70. The number of nitrogens with one attached hydrogen (secondary N) is 1. The van der Waals surface area contributed by atoms with Gasteiger partial charge in [0.05, 0.1) is 24.8 Å². The molecule has 0 aliphatic rings. The quantitative estimate of drug-likeness (QED) is 0.615. The minimum absolute atomic E-state index is 0.636. The van der Waals surface area contributed by atoms with Crippen LogP contribution in [0, 0.1) is 0 Å². The average Bonchev–Trinajstić information content (AvgIpc) is 3.13. The van der Waals surface area contributed by atoms with E-state index in [1.165, 1.54) is 11.1 Å². The molecule has 2 aromatic carbocycles. The van der Waals surface area contributed by atoms with Crippen LogP contribution in [0.2, 0.25) is 0 Å². The molecule has 0 aliphatic carbocycles. The van der Waals surface area contributed by atoms with Gasteiger partial charge in [0, 0.05) is 6.20 Å². The van der Waals surface area contributed by atoms with E-state index in [1.807, 2.05) is 42.9 Å². The number of H-pyrrole nitrogens is 1. The van der Waals surface area contributed by atoms with Gasteiger partial charge in [-0.2, -0.15) is 0 Å². The Hall–Kier alpha value is -3.14. The first-order chi connectivity index (χ1) is 11.9. The smallest absolute Gasteiger partial charge is 0.160 e. The second-order valence-electron chi connectivity index (χ2n) is 5.72. The molecular formula is C20H18N4. The number of rotatable bonds is 4. The summed E-state index contributed by atoms with van der Waals surface area (Å²) < 4.78 is 2.12. The van der Waals surface area contributed by atoms with Crippen molar-refractivity contribution in [2.75, 3.05) is 0 Å². The van der Waals surface area contributed by atoms with E-state index in [9.17, 15) is 0 Å². The molecule has 2 aromatic heterocycles. The molecule has 118 valence electrons. The summed E-state index contributed by atoms with van der Waals surface area (Å²) in [5.74, 6) is 0. The fourth-order valence-electron chi connectivity index (χ4n) is 2.81. The van der Waals surface area contributed by atoms with E-state index < -0.39 is 0 Å². The highest BCUT2D eigenvalue weighted by atomic mass is 15.1. The van der Waals surface area contributed by atoms with Gasteiger partial charge in [-0.1, -0.05) is 60.7 Å². The zero-order valence-corrected chi connectivity index (χ0v) is 13.3. The highest BCUT2D eigenvalue weighted by Crippen LogP contribution is 2.10. The Morgan fingerprint density at radius 1 is 0.875 bits per heavy atom. The van der Waals surface area contributed by atoms with Crippen molar-refractivity contribution in [2.24, 2.45) is 4.99 Å². The van der Waals surface area contributed by atoms with Gasteiger partial charge in [-0.25, -0.2) is 4.98 Å². The summed E-state index contributed by atoms with van der Waals surface area (Å²) >= 11 is 0. The van der Waals surface area contributed by atoms with Gasteiger partial charge < -0.3 is 9.55 Å². The van der Waals surface area contributed by atoms with Crippen LogP contribution in [0.5, 0.6) is 0 Å². The Labute approximate surface area is 140 Å². The van der Waals surface area contributed by atoms with Crippen LogP contribution >= 0.6 is 0 Å². The van der Waals surface area contributed by atoms with Crippen molar-refractivity contribution in [3.8, 4) is 0 Å². The van der Waals surface area contributed by atoms with Gasteiger partial charge in [-0.3, -0.25) is 4.99 Å². The minimum Gasteiger partial charge on any atom is -0.347 e. The molecular weight excluding hydrogens is 296 g/mol. The number of hydrogen-bond acceptors (Lipinski definition) is 2. The molecule has 0 spiro atoms. The Morgan fingerprint density at radius 3 is 2.33 bits per heavy atom. The van der Waals surface area contributed by atoms with Crippen molar-refractivity contribution in [3.05, 3.63) is 95.9 Å². The Morgan fingerprint density at radius 2 is 1.58 bits per heavy atom. The number of hydrogen-bond donors (Lipinski definition) is 1. The summed E-state index contributed by atoms with van der Waals surface area (Å²) in [5.41, 5.74) is 4.25. The second kappa shape index (κ2) is 6.54. The van der Waals surface area contributed by atoms with Gasteiger partial charge >= 0.3 is 0 Å². The lowest BCUT2D eigenvalue weighted by atomic mass is 10.2. The third kappa shape index (κ3) is 2.99. The molecule has 0 fully saturated rings. The van der Waals surface area contributed by atoms with Gasteiger partial charge in [0.1, 0.15) is 5.65 Å². The van der Waals surface area contributed by atoms with Gasteiger partial charge in [-0.05, 0) is 17.2 Å². The van der Waals surface area contributed by atoms with E-state index in [4.69, 9.17) is 0 Å². The molecule has 4 heteroatoms. The fraction of sp³-hybridized carbons (Fsp3) is 0.100. The van der Waals surface area contributed by atoms with Gasteiger partial charge in [0.25, 0.3) is 0 Å². The van der Waals surface area contributed by atoms with E-state index >= 15 is 0 Å². The predicted octanol–water partition coefficient (Wildman–Crippen LogP) is 3.51. The van der Waals surface area contributed by atoms with Crippen LogP contribution in [0.1, 0.15) is 11.1 Å². The average molecular weight is 314 g/mol. The van der Waals surface area contributed by atoms with E-state index in [2.05, 4.69) is 55.9 Å². The van der Waals surface area contributed by atoms with Crippen molar-refractivity contribution in [1.29, 1.82) is 0 Å². The summed E-state index contributed by atoms with van der Waals surface area (Å²) in [4.78, 5) is 12.6. The van der Waals surface area contributed by atoms with E-state index in [0.717, 1.165) is 23.1 Å². The maximum atomic E-state index is 4.68. The van der Waals surface area contributed by atoms with Crippen LogP contribution in [0.3, 0.4) is 0 Å². The normalized spacial score (nSPS) is 11.9. The number of benzene rings is 2. The molecule has 0 aliphatic heterocycles. The largest absolute Gasteiger partial charge is 0.347 e. The Bertz CT molecular complexity index is 998. The van der Waals surface area contributed by atoms with E-state index in [0.29, 0.717) is 6.54 Å². The van der Waals surface area contributed by atoms with Crippen LogP contribution in [0.25, 0.3) is 11.0 Å². The molecule has 4 rings (SSSR count). The monoisotopic (exact) mass is 314 g/mol. The summed E-state index contributed by atoms with van der Waals surface area (Å²) in [6, 6.07) is 22.7. The zero-order chi connectivity index (χ0) is 16.2. The highest BCUT2D eigenvalue weighted by molar-refractivity contribution is 5.74. The maximum absolute atomic E-state index is 4.68. The molecule has 0 saturated heterocycles. The SMILES string of the molecule is c1ccc(CN=c2ncn(Cc3ccccc3)c3[nH]ccc23)cc1. The molecule has 0 radical (unpaired) electrons. The third-order valence-corrected chi connectivity index (χ3v) is 4.02. The molecule has 1 N–H and O–H groups in total. The first kappa shape index (κ1) is 14.5. The highest BCUT2D eigenvalue weighted by Gasteiger charge is 2.04. The lowest BCUT2D eigenvalue weighted by molar-refractivity contribution is 0.782. The van der Waals surface area contributed by atoms with Gasteiger partial charge in [0.2, 0.25) is 0 Å². The molecule has 0 saturated carbocycles. The summed E-state index contributed by atoms with van der Waals surface area (Å²) in [7, 11) is 0. The van der Waals surface area contributed by atoms with Gasteiger partial charge in [-0.15, -0.1) is 0 Å². The van der Waals surface area contributed by atoms with Crippen LogP contribution in [-0.4, -0.2) is 14.5 Å². The predicted molar refractivity (Wildman–Crippen MR) is 95.3 cm³/mol. The van der Waals surface area contributed by atoms with Crippen molar-refractivity contribution >= 4 is 11.0 Å². The van der Waals surface area contributed by atoms with Crippen molar-refractivity contribution in [2.45, 2.75) is 13.1 Å². The molecule has 0 atom stereocenters. The number of fused-ring (bicyclic) bond motifs is 1. The molecule has 4 nitrogen and oxygen atoms in total. The number of aromatic nitrogens is 3. The van der Waals surface area contributed by atoms with Crippen LogP contribution in [0.4, 0.5) is 0 Å². The molecule has 4 aromatic rings. The molecule has 2 heterocycles. The summed E-state index contributed by atoms with van der Waals surface area (Å²) in [6.07, 6.45) is 3.80. The molecule has 0 unspecified atom stereocenters. The van der Waals surface area contributed by atoms with Crippen LogP contribution in [-0.2, 0) is 13.1 Å². The fourth-order valence-corrected chi connectivity index (χ4v) is 2.81. The van der Waals surface area contributed by atoms with E-state index in [-0.39, 0.29) is 0 Å². The Kier molecular flexibility index (Phi) is 3.94. The molecule has 0 bridgehead atoms. The maximum Gasteiger partial charge on any atom is 0.160 e. The second-order valence-corrected chi connectivity index (χ2v) is 5.72. The number of nitrogens with zero attached hydrogens (tertiary/aromatic N) is 3. The van der Waals surface area contributed by atoms with Crippen molar-refractivity contribution in [1.82, 2.24) is 14.5 Å². The first-order valence-corrected chi connectivity index (χ1v) is 8.01.